The summed E-state index contributed by atoms with van der Waals surface area (Å²) in [6.45, 7) is 1.16. The largest absolute Gasteiger partial charge is 0.508 e. The molecule has 1 heterocycles. The molecule has 5 nitrogen and oxygen atoms in total. The van der Waals surface area contributed by atoms with E-state index in [4.69, 9.17) is 16.3 Å². The van der Waals surface area contributed by atoms with Crippen LogP contribution in [0.15, 0.2) is 35.3 Å². The van der Waals surface area contributed by atoms with E-state index in [-0.39, 0.29) is 29.7 Å². The standard InChI is InChI=1S/C16H20ClN3O2S.HI/c1-18-16(20(2)10-13-5-7-15(17)23-13)19-9-11-8-12(22-3)4-6-14(11)21;/h4-8,21H,9-10H2,1-3H3,(H,18,19);1H. The van der Waals surface area contributed by atoms with Gasteiger partial charge in [0.15, 0.2) is 5.96 Å². The molecule has 0 aliphatic heterocycles. The van der Waals surface area contributed by atoms with Crippen molar-refractivity contribution in [2.45, 2.75) is 13.1 Å². The Morgan fingerprint density at radius 2 is 2.12 bits per heavy atom. The van der Waals surface area contributed by atoms with Crippen molar-refractivity contribution in [1.29, 1.82) is 0 Å². The predicted molar refractivity (Wildman–Crippen MR) is 111 cm³/mol. The SMILES string of the molecule is CN=C(NCc1cc(OC)ccc1O)N(C)Cc1ccc(Cl)s1.I. The molecule has 2 aromatic rings. The number of phenolic OH excluding ortho intramolecular Hbond substituents is 1. The van der Waals surface area contributed by atoms with Crippen molar-refractivity contribution in [1.82, 2.24) is 10.2 Å². The van der Waals surface area contributed by atoms with Crippen LogP contribution in [0.4, 0.5) is 0 Å². The van der Waals surface area contributed by atoms with Gasteiger partial charge >= 0.3 is 0 Å². The average molecular weight is 482 g/mol. The molecule has 0 saturated heterocycles. The maximum absolute atomic E-state index is 9.93. The first kappa shape index (κ1) is 20.9. The van der Waals surface area contributed by atoms with Crippen molar-refractivity contribution in [2.75, 3.05) is 21.2 Å². The Hall–Kier alpha value is -1.19. The zero-order chi connectivity index (χ0) is 16.8. The molecule has 24 heavy (non-hydrogen) atoms. The Kier molecular flexibility index (Phi) is 8.65. The first-order valence-electron chi connectivity index (χ1n) is 7.05. The summed E-state index contributed by atoms with van der Waals surface area (Å²) in [5.74, 6) is 1.66. The molecule has 0 unspecified atom stereocenters. The number of methoxy groups -OCH3 is 1. The van der Waals surface area contributed by atoms with Gasteiger partial charge in [-0.3, -0.25) is 4.99 Å². The number of halogens is 2. The number of aromatic hydroxyl groups is 1. The quantitative estimate of drug-likeness (QED) is 0.386. The van der Waals surface area contributed by atoms with E-state index in [1.807, 2.05) is 24.1 Å². The molecule has 0 aliphatic carbocycles. The first-order valence-corrected chi connectivity index (χ1v) is 8.24. The number of ether oxygens (including phenoxy) is 1. The van der Waals surface area contributed by atoms with E-state index in [9.17, 15) is 5.11 Å². The molecule has 2 rings (SSSR count). The minimum atomic E-state index is 0. The smallest absolute Gasteiger partial charge is 0.193 e. The van der Waals surface area contributed by atoms with Gasteiger partial charge < -0.3 is 20.1 Å². The van der Waals surface area contributed by atoms with Gasteiger partial charge in [-0.05, 0) is 30.3 Å². The number of nitrogens with zero attached hydrogens (tertiary/aromatic N) is 2. The van der Waals surface area contributed by atoms with Crippen molar-refractivity contribution in [3.63, 3.8) is 0 Å². The van der Waals surface area contributed by atoms with Gasteiger partial charge in [-0.2, -0.15) is 0 Å². The highest BCUT2D eigenvalue weighted by Gasteiger charge is 2.10. The number of phenols is 1. The maximum atomic E-state index is 9.93. The number of hydrogen-bond donors (Lipinski definition) is 2. The summed E-state index contributed by atoms with van der Waals surface area (Å²) >= 11 is 7.51. The molecular weight excluding hydrogens is 461 g/mol. The lowest BCUT2D eigenvalue weighted by Crippen LogP contribution is -2.37. The lowest BCUT2D eigenvalue weighted by molar-refractivity contribution is 0.410. The summed E-state index contributed by atoms with van der Waals surface area (Å²) in [5, 5.41) is 13.2. The molecular formula is C16H21ClIN3O2S. The minimum absolute atomic E-state index is 0. The van der Waals surface area contributed by atoms with E-state index in [0.29, 0.717) is 18.8 Å². The Labute approximate surface area is 168 Å². The molecule has 0 bridgehead atoms. The highest BCUT2D eigenvalue weighted by atomic mass is 127. The summed E-state index contributed by atoms with van der Waals surface area (Å²) in [6, 6.07) is 9.04. The van der Waals surface area contributed by atoms with Crippen LogP contribution in [0.3, 0.4) is 0 Å². The molecule has 0 aliphatic rings. The van der Waals surface area contributed by atoms with Gasteiger partial charge in [0.1, 0.15) is 11.5 Å². The summed E-state index contributed by atoms with van der Waals surface area (Å²) in [4.78, 5) is 7.42. The Morgan fingerprint density at radius 3 is 2.71 bits per heavy atom. The number of thiophene rings is 1. The fourth-order valence-electron chi connectivity index (χ4n) is 2.13. The molecule has 1 aromatic heterocycles. The van der Waals surface area contributed by atoms with Crippen molar-refractivity contribution < 1.29 is 9.84 Å². The number of aliphatic imine (C=N–C) groups is 1. The number of guanidine groups is 1. The van der Waals surface area contributed by atoms with Crippen LogP contribution < -0.4 is 10.1 Å². The number of nitrogens with one attached hydrogen (secondary N) is 1. The van der Waals surface area contributed by atoms with Crippen LogP contribution in [0, 0.1) is 0 Å². The second-order valence-corrected chi connectivity index (χ2v) is 6.76. The predicted octanol–water partition coefficient (Wildman–Crippen LogP) is 3.94. The molecule has 0 atom stereocenters. The second kappa shape index (κ2) is 9.95. The summed E-state index contributed by atoms with van der Waals surface area (Å²) in [7, 11) is 5.28. The van der Waals surface area contributed by atoms with Gasteiger partial charge in [-0.25, -0.2) is 0 Å². The number of benzene rings is 1. The van der Waals surface area contributed by atoms with E-state index >= 15 is 0 Å². The number of hydrogen-bond acceptors (Lipinski definition) is 4. The van der Waals surface area contributed by atoms with E-state index in [1.165, 1.54) is 0 Å². The van der Waals surface area contributed by atoms with Crippen LogP contribution in [0.2, 0.25) is 4.34 Å². The van der Waals surface area contributed by atoms with Crippen LogP contribution in [-0.4, -0.2) is 37.2 Å². The molecule has 8 heteroatoms. The van der Waals surface area contributed by atoms with E-state index in [0.717, 1.165) is 20.7 Å². The molecule has 1 aromatic carbocycles. The van der Waals surface area contributed by atoms with E-state index < -0.39 is 0 Å². The zero-order valence-corrected chi connectivity index (χ0v) is 17.6. The highest BCUT2D eigenvalue weighted by molar-refractivity contribution is 14.0. The molecule has 0 fully saturated rings. The Bertz CT molecular complexity index is 694. The number of rotatable bonds is 5. The second-order valence-electron chi connectivity index (χ2n) is 4.96. The van der Waals surface area contributed by atoms with Crippen LogP contribution in [0.1, 0.15) is 10.4 Å². The van der Waals surface area contributed by atoms with E-state index in [1.54, 1.807) is 43.7 Å². The van der Waals surface area contributed by atoms with Crippen LogP contribution in [0.5, 0.6) is 11.5 Å². The summed E-state index contributed by atoms with van der Waals surface area (Å²) < 4.78 is 5.96. The van der Waals surface area contributed by atoms with Gasteiger partial charge in [0.25, 0.3) is 0 Å². The molecule has 0 saturated carbocycles. The molecule has 0 radical (unpaired) electrons. The van der Waals surface area contributed by atoms with Gasteiger partial charge in [-0.15, -0.1) is 35.3 Å². The molecule has 0 amide bonds. The van der Waals surface area contributed by atoms with Crippen LogP contribution in [-0.2, 0) is 13.1 Å². The van der Waals surface area contributed by atoms with Gasteiger partial charge in [0.2, 0.25) is 0 Å². The van der Waals surface area contributed by atoms with Crippen molar-refractivity contribution in [2.24, 2.45) is 4.99 Å². The third-order valence-electron chi connectivity index (χ3n) is 3.32. The van der Waals surface area contributed by atoms with Crippen molar-refractivity contribution >= 4 is 52.9 Å². The summed E-state index contributed by atoms with van der Waals surface area (Å²) in [5.41, 5.74) is 0.748. The van der Waals surface area contributed by atoms with Crippen molar-refractivity contribution in [3.05, 3.63) is 45.1 Å². The van der Waals surface area contributed by atoms with Gasteiger partial charge in [0, 0.05) is 31.1 Å². The van der Waals surface area contributed by atoms with Gasteiger partial charge in [-0.1, -0.05) is 11.6 Å². The van der Waals surface area contributed by atoms with E-state index in [2.05, 4.69) is 10.3 Å². The Morgan fingerprint density at radius 1 is 1.38 bits per heavy atom. The van der Waals surface area contributed by atoms with Crippen LogP contribution in [0.25, 0.3) is 0 Å². The average Bonchev–Trinajstić information content (AvgIpc) is 2.94. The highest BCUT2D eigenvalue weighted by Crippen LogP contribution is 2.23. The monoisotopic (exact) mass is 481 g/mol. The van der Waals surface area contributed by atoms with Crippen molar-refractivity contribution in [3.8, 4) is 11.5 Å². The molecule has 132 valence electrons. The third kappa shape index (κ3) is 5.71. The first-order chi connectivity index (χ1) is 11.0. The fraction of sp³-hybridized carbons (Fsp3) is 0.312. The summed E-state index contributed by atoms with van der Waals surface area (Å²) in [6.07, 6.45) is 0. The minimum Gasteiger partial charge on any atom is -0.508 e. The third-order valence-corrected chi connectivity index (χ3v) is 4.53. The van der Waals surface area contributed by atoms with Crippen LogP contribution >= 0.6 is 46.9 Å². The van der Waals surface area contributed by atoms with Gasteiger partial charge in [0.05, 0.1) is 18.0 Å². The maximum Gasteiger partial charge on any atom is 0.193 e. The molecule has 0 spiro atoms. The molecule has 2 N–H and O–H groups in total. The lowest BCUT2D eigenvalue weighted by Gasteiger charge is -2.21. The fourth-order valence-corrected chi connectivity index (χ4v) is 3.28. The zero-order valence-electron chi connectivity index (χ0n) is 13.7. The topological polar surface area (TPSA) is 57.1 Å². The normalized spacial score (nSPS) is 10.9. The Balaban J connectivity index is 0.00000288. The lowest BCUT2D eigenvalue weighted by atomic mass is 10.2.